The number of hydrogen-bond donors (Lipinski definition) is 24. The van der Waals surface area contributed by atoms with E-state index in [4.69, 9.17) is 75.8 Å². The summed E-state index contributed by atoms with van der Waals surface area (Å²) in [4.78, 5) is 0. The van der Waals surface area contributed by atoms with Gasteiger partial charge in [-0.25, -0.2) is 33.5 Å². The molecule has 0 unspecified atom stereocenters. The van der Waals surface area contributed by atoms with Crippen molar-refractivity contribution in [2.45, 2.75) is 246 Å². The summed E-state index contributed by atoms with van der Waals surface area (Å²) in [5.41, 5.74) is 0. The Morgan fingerprint density at radius 2 is 0.233 bits per heavy atom. The smallest absolute Gasteiger partial charge is 0.387 e. The zero-order valence-corrected chi connectivity index (χ0v) is 65.6. The summed E-state index contributed by atoms with van der Waals surface area (Å²) in [6, 6.07) is 0. The molecule has 0 amide bonds. The third-order valence-corrected chi connectivity index (χ3v) is 22.0. The highest BCUT2D eigenvalue weighted by Crippen LogP contribution is 2.41. The van der Waals surface area contributed by atoms with E-state index in [1.165, 1.54) is 0 Å². The average Bonchev–Trinajstić information content (AvgIpc) is 0.772. The molecule has 0 spiro atoms. The first-order chi connectivity index (χ1) is 55.1. The summed E-state index contributed by atoms with van der Waals surface area (Å²) in [6.45, 7) is -13.6. The fourth-order valence-corrected chi connectivity index (χ4v) is 15.5. The maximum atomic E-state index is 12.0. The molecule has 30 aliphatic rings. The molecule has 24 N–H and O–H groups in total. The lowest BCUT2D eigenvalue weighted by molar-refractivity contribution is -0.403. The van der Waals surface area contributed by atoms with Crippen LogP contribution in [-0.2, 0) is 192 Å². The van der Waals surface area contributed by atoms with E-state index in [1.54, 1.807) is 0 Å². The lowest BCUT2D eigenvalue weighted by atomic mass is 9.94. The van der Waals surface area contributed by atoms with Crippen molar-refractivity contribution in [1.29, 1.82) is 0 Å². The Kier molecular flexibility index (Phi) is 33.8. The topological polar surface area (TPSA) is 980 Å². The molecule has 0 aromatic carbocycles. The van der Waals surface area contributed by atoms with Crippen molar-refractivity contribution in [2.75, 3.05) is 52.9 Å². The summed E-state index contributed by atoms with van der Waals surface area (Å²) in [7, 11) is -45.8. The van der Waals surface area contributed by atoms with E-state index in [2.05, 4.69) is 33.5 Å². The predicted octanol–water partition coefficient (Wildman–Crippen LogP) is -18.8. The number of aliphatic hydroxyl groups is 16. The summed E-state index contributed by atoms with van der Waals surface area (Å²) < 4.78 is 394. The van der Waals surface area contributed by atoms with Gasteiger partial charge in [0.1, 0.15) is 195 Å². The van der Waals surface area contributed by atoms with E-state index in [-0.39, 0.29) is 0 Å². The van der Waals surface area contributed by atoms with E-state index in [0.717, 1.165) is 0 Å². The fraction of sp³-hybridized carbons (Fsp3) is 1.00. The quantitative estimate of drug-likeness (QED) is 0.0399. The molecule has 30 heterocycles. The average molecular weight is 1940 g/mol. The van der Waals surface area contributed by atoms with Gasteiger partial charge in [-0.15, -0.1) is 0 Å². The highest BCUT2D eigenvalue weighted by atomic mass is 32.3. The van der Waals surface area contributed by atoms with Gasteiger partial charge in [0.2, 0.25) is 0 Å². The Morgan fingerprint density at radius 1 is 0.150 bits per heavy atom. The SMILES string of the molecule is O=S(=O)(O)OC[C@H]1O[C@@H]2O[C@H]3[C@H](O)[C@@H](O)[C@@H](O[C@H]4[C@H](O)[C@@H](O)[C@@H](O[C@H]5[C@H](O)[C@@H](O)[C@@H](O[C@H]6[C@H](O)[C@@H](O)[C@@H](O[C@H]7[C@H](O)[C@@H](O)[C@@H](O[C@H]8[C@H](O)[C@@H](O)[C@@H](O[C@H]9[C@H](O)[C@@H](O)[C@@H](O[C@H]1[C@H](O)[C@H]2O)O[C@@H]9COS(=O)(=O)O)O[C@@H]8COS(=O)(=O)O)O[C@@H]7COS(=O)(=O)O)O[C@@H]6COS(=O)(=O)O)O[C@@H]5COS(=O)(=O)O)O[C@@H]4COS(=O)(=O)O)O[C@@H]3COS(=O)(=O)O. The molecule has 704 valence electrons. The monoisotopic (exact) mass is 1940 g/mol. The second-order valence-electron chi connectivity index (χ2n) is 26.7. The normalized spacial score (nSPS) is 44.9. The second kappa shape index (κ2) is 40.0. The van der Waals surface area contributed by atoms with Gasteiger partial charge in [0.25, 0.3) is 0 Å². The molecule has 0 aromatic heterocycles. The van der Waals surface area contributed by atoms with E-state index in [1.807, 2.05) is 0 Å². The summed E-state index contributed by atoms with van der Waals surface area (Å²) in [5.74, 6) is 0. The Balaban J connectivity index is 1.13. The lowest BCUT2D eigenvalue weighted by Crippen LogP contribution is -2.69. The van der Waals surface area contributed by atoms with Crippen LogP contribution in [0.15, 0.2) is 0 Å². The van der Waals surface area contributed by atoms with E-state index in [9.17, 15) is 185 Å². The van der Waals surface area contributed by atoms with Gasteiger partial charge in [-0.05, 0) is 0 Å². The minimum absolute atomic E-state index is 1.70. The standard InChI is InChI=1S/C48H80O64S8/c49-17-25(57)41-97-9(1-89-113(65,66)67)33(17)105-42-26(58)18(50)35(11(98-42)3-91-115(71,72)73)107-44-28(60)20(52)37(13(100-44)5-93-117(77,78)79)109-46-30(62)22(54)39(15(102-46)7-95-119(83,84)85)111-48-32(64)24(56)40(16(104-48)8-96-120(86,87)88)112-47-31(63)23(55)38(14(103-47)6-94-118(80,81)82)110-45-29(61)21(53)36(12(101-45)4-92-116(74,75)76)108-43-27(59)19(51)34(106-41)10(99-43)2-90-114(68,69)70/h9-64H,1-8H2,(H,65,66,67)(H,68,69,70)(H,71,72,73)(H,74,75,76)(H,77,78,79)(H,80,81,82)(H,83,84,85)(H,86,87,88)/t9-,10-,11-,12-,13-,14-,15-,16-,17-,18-,19-,20-,21-,22-,23-,24-,25-,26-,27-,28-,29-,30-,31-,32-,33-,34-,35-,36-,37-,38-,39-,40-,41-,42-,43-,44-,45-,46-,47-,48-/m1/s1. The molecule has 30 saturated heterocycles. The molecule has 0 radical (unpaired) electrons. The van der Waals surface area contributed by atoms with Crippen LogP contribution in [0.25, 0.3) is 0 Å². The van der Waals surface area contributed by atoms with Crippen LogP contribution in [0.3, 0.4) is 0 Å². The van der Waals surface area contributed by atoms with Gasteiger partial charge in [-0.2, -0.15) is 67.3 Å². The Bertz CT molecular complexity index is 3530. The molecule has 16 bridgehead atoms. The molecule has 120 heavy (non-hydrogen) atoms. The Labute approximate surface area is 673 Å². The van der Waals surface area contributed by atoms with Crippen LogP contribution in [0, 0.1) is 0 Å². The van der Waals surface area contributed by atoms with Crippen LogP contribution in [0.4, 0.5) is 0 Å². The van der Waals surface area contributed by atoms with Gasteiger partial charge >= 0.3 is 83.2 Å². The lowest BCUT2D eigenvalue weighted by Gasteiger charge is -2.51. The number of ether oxygens (including phenoxy) is 16. The summed E-state index contributed by atoms with van der Waals surface area (Å²) in [6.07, 6.45) is -109. The largest absolute Gasteiger partial charge is 0.397 e. The van der Waals surface area contributed by atoms with Gasteiger partial charge in [0.15, 0.2) is 50.3 Å². The van der Waals surface area contributed by atoms with Crippen molar-refractivity contribution in [3.05, 3.63) is 0 Å². The highest BCUT2D eigenvalue weighted by molar-refractivity contribution is 7.82. The minimum atomic E-state index is -5.73. The molecule has 0 aliphatic carbocycles. The molecule has 40 atom stereocenters. The third kappa shape index (κ3) is 26.9. The van der Waals surface area contributed by atoms with Crippen LogP contribution < -0.4 is 0 Å². The Hall–Kier alpha value is -2.32. The number of rotatable bonds is 24. The van der Waals surface area contributed by atoms with Gasteiger partial charge < -0.3 is 157 Å². The first kappa shape index (κ1) is 101. The van der Waals surface area contributed by atoms with E-state index >= 15 is 0 Å². The van der Waals surface area contributed by atoms with E-state index in [0.29, 0.717) is 0 Å². The molecular formula is C48H80O64S8. The van der Waals surface area contributed by atoms with Crippen LogP contribution >= 0.6 is 0 Å². The second-order valence-corrected chi connectivity index (χ2v) is 35.4. The summed E-state index contributed by atoms with van der Waals surface area (Å²) in [5, 5.41) is 187. The maximum Gasteiger partial charge on any atom is 0.397 e. The van der Waals surface area contributed by atoms with Crippen molar-refractivity contribution in [1.82, 2.24) is 0 Å². The van der Waals surface area contributed by atoms with Gasteiger partial charge in [0, 0.05) is 0 Å². The van der Waals surface area contributed by atoms with Crippen molar-refractivity contribution < 1.29 is 295 Å². The highest BCUT2D eigenvalue weighted by Gasteiger charge is 2.62. The van der Waals surface area contributed by atoms with Crippen molar-refractivity contribution in [3.63, 3.8) is 0 Å². The molecule has 64 nitrogen and oxygen atoms in total. The zero-order chi connectivity index (χ0) is 89.7. The van der Waals surface area contributed by atoms with Crippen LogP contribution in [0.5, 0.6) is 0 Å². The molecule has 30 fully saturated rings. The fourth-order valence-electron chi connectivity index (χ4n) is 13.0. The van der Waals surface area contributed by atoms with Gasteiger partial charge in [0.05, 0.1) is 52.9 Å². The molecule has 30 rings (SSSR count). The molecule has 0 saturated carbocycles. The molecule has 0 aromatic rings. The van der Waals surface area contributed by atoms with Crippen molar-refractivity contribution in [3.8, 4) is 0 Å². The molecule has 72 heteroatoms. The van der Waals surface area contributed by atoms with Gasteiger partial charge in [-0.1, -0.05) is 0 Å². The number of hydrogen-bond acceptors (Lipinski definition) is 56. The number of aliphatic hydroxyl groups excluding tert-OH is 16. The summed E-state index contributed by atoms with van der Waals surface area (Å²) >= 11 is 0. The first-order valence-corrected chi connectivity index (χ1v) is 44.3. The van der Waals surface area contributed by atoms with Crippen molar-refractivity contribution in [2.24, 2.45) is 0 Å². The maximum absolute atomic E-state index is 12.0. The van der Waals surface area contributed by atoms with Gasteiger partial charge in [-0.3, -0.25) is 36.4 Å². The van der Waals surface area contributed by atoms with Crippen LogP contribution in [-0.4, -0.2) is 484 Å². The molecule has 30 aliphatic heterocycles. The van der Waals surface area contributed by atoms with Crippen LogP contribution in [0.1, 0.15) is 0 Å². The third-order valence-electron chi connectivity index (χ3n) is 18.5. The first-order valence-electron chi connectivity index (χ1n) is 33.4. The Morgan fingerprint density at radius 3 is 0.308 bits per heavy atom. The van der Waals surface area contributed by atoms with E-state index < -0.39 is 382 Å². The van der Waals surface area contributed by atoms with Crippen LogP contribution in [0.2, 0.25) is 0 Å². The minimum Gasteiger partial charge on any atom is -0.387 e. The zero-order valence-electron chi connectivity index (χ0n) is 59.1. The predicted molar refractivity (Wildman–Crippen MR) is 344 cm³/mol. The molecular weight excluding hydrogens is 1860 g/mol. The van der Waals surface area contributed by atoms with Crippen molar-refractivity contribution >= 4 is 83.2 Å².